The molecule has 0 aliphatic carbocycles. The molecule has 0 aliphatic rings. The summed E-state index contributed by atoms with van der Waals surface area (Å²) >= 11 is 0. The van der Waals surface area contributed by atoms with Crippen molar-refractivity contribution in [1.29, 1.82) is 0 Å². The second-order valence-electron chi connectivity index (χ2n) is 9.35. The number of esters is 1. The number of hydrogen-bond donors (Lipinski definition) is 3. The van der Waals surface area contributed by atoms with Crippen LogP contribution < -0.4 is 15.4 Å². The van der Waals surface area contributed by atoms with Gasteiger partial charge < -0.3 is 15.4 Å². The van der Waals surface area contributed by atoms with Gasteiger partial charge in [0.25, 0.3) is 10.1 Å². The summed E-state index contributed by atoms with van der Waals surface area (Å²) in [5.41, 5.74) is 1.70. The van der Waals surface area contributed by atoms with Gasteiger partial charge in [0.2, 0.25) is 13.8 Å². The van der Waals surface area contributed by atoms with E-state index < -0.39 is 33.3 Å². The fourth-order valence-electron chi connectivity index (χ4n) is 3.80. The van der Waals surface area contributed by atoms with Gasteiger partial charge in [0, 0.05) is 23.9 Å². The Hall–Kier alpha value is -2.40. The summed E-state index contributed by atoms with van der Waals surface area (Å²) in [6.07, 6.45) is 0.157. The molecule has 33 heavy (non-hydrogen) atoms. The number of hydrogen-bond acceptors (Lipinski definition) is 6. The van der Waals surface area contributed by atoms with Crippen LogP contribution in [0.1, 0.15) is 57.2 Å². The molecule has 184 valence electrons. The molecular formula is C22H35BN2O7S. The number of benzene rings is 1. The van der Waals surface area contributed by atoms with Crippen LogP contribution in [0, 0.1) is 19.8 Å². The normalized spacial score (nSPS) is 12.8. The molecule has 1 aromatic rings. The van der Waals surface area contributed by atoms with E-state index in [1.165, 1.54) is 7.85 Å². The van der Waals surface area contributed by atoms with Gasteiger partial charge in [-0.25, -0.2) is 4.79 Å². The summed E-state index contributed by atoms with van der Waals surface area (Å²) in [6, 6.07) is 2.86. The molecule has 1 rings (SSSR count). The smallest absolute Gasteiger partial charge is 0.334 e. The molecule has 0 saturated heterocycles. The number of ether oxygens (including phenoxy) is 1. The highest BCUT2D eigenvalue weighted by Gasteiger charge is 2.32. The highest BCUT2D eigenvalue weighted by Crippen LogP contribution is 2.38. The SMILES string of the molecule is BC(=O)N[C@H](C(=O)Oc1cc(C)cc(C)c1C(C)(C)CC(=O)NCCCS(=O)(=O)O)C(C)C. The Balaban J connectivity index is 3.10. The molecule has 0 aromatic heterocycles. The van der Waals surface area contributed by atoms with Gasteiger partial charge in [0.15, 0.2) is 5.81 Å². The molecule has 11 heteroatoms. The fourth-order valence-corrected chi connectivity index (χ4v) is 4.31. The average Bonchev–Trinajstić information content (AvgIpc) is 2.60. The second kappa shape index (κ2) is 11.6. The Morgan fingerprint density at radius 2 is 1.79 bits per heavy atom. The highest BCUT2D eigenvalue weighted by molar-refractivity contribution is 7.85. The fraction of sp³-hybridized carbons (Fsp3) is 0.591. The lowest BCUT2D eigenvalue weighted by Crippen LogP contribution is -2.46. The molecule has 3 N–H and O–H groups in total. The lowest BCUT2D eigenvalue weighted by atomic mass is 9.78. The van der Waals surface area contributed by atoms with Gasteiger partial charge in [0.1, 0.15) is 11.8 Å². The van der Waals surface area contributed by atoms with E-state index in [0.717, 1.165) is 11.1 Å². The van der Waals surface area contributed by atoms with Crippen LogP contribution in [-0.4, -0.2) is 56.8 Å². The van der Waals surface area contributed by atoms with Gasteiger partial charge in [-0.05, 0) is 43.4 Å². The molecule has 0 bridgehead atoms. The maximum absolute atomic E-state index is 12.9. The van der Waals surface area contributed by atoms with E-state index in [1.807, 2.05) is 33.8 Å². The third kappa shape index (κ3) is 9.55. The topological polar surface area (TPSA) is 139 Å². The summed E-state index contributed by atoms with van der Waals surface area (Å²) in [7, 11) is -2.74. The van der Waals surface area contributed by atoms with Crippen LogP contribution in [-0.2, 0) is 25.1 Å². The molecule has 0 fully saturated rings. The molecular weight excluding hydrogens is 447 g/mol. The van der Waals surface area contributed by atoms with Gasteiger partial charge in [-0.15, -0.1) is 0 Å². The third-order valence-corrected chi connectivity index (χ3v) is 5.92. The molecule has 2 amide bonds. The van der Waals surface area contributed by atoms with Crippen molar-refractivity contribution < 1.29 is 32.1 Å². The Bertz CT molecular complexity index is 991. The number of carbonyl (C=O) groups excluding carboxylic acids is 3. The number of aryl methyl sites for hydroxylation is 2. The van der Waals surface area contributed by atoms with Crippen LogP contribution in [0.25, 0.3) is 0 Å². The van der Waals surface area contributed by atoms with E-state index in [2.05, 4.69) is 10.6 Å². The summed E-state index contributed by atoms with van der Waals surface area (Å²) in [4.78, 5) is 36.9. The summed E-state index contributed by atoms with van der Waals surface area (Å²) in [5.74, 6) is -1.51. The van der Waals surface area contributed by atoms with Crippen molar-refractivity contribution in [1.82, 2.24) is 10.6 Å². The molecule has 0 unspecified atom stereocenters. The first kappa shape index (κ1) is 28.6. The van der Waals surface area contributed by atoms with Crippen molar-refractivity contribution in [3.8, 4) is 5.75 Å². The second-order valence-corrected chi connectivity index (χ2v) is 10.9. The van der Waals surface area contributed by atoms with Crippen LogP contribution in [0.5, 0.6) is 5.75 Å². The largest absolute Gasteiger partial charge is 0.425 e. The molecule has 1 atom stereocenters. The maximum Gasteiger partial charge on any atom is 0.334 e. The van der Waals surface area contributed by atoms with E-state index >= 15 is 0 Å². The minimum absolute atomic E-state index is 0.0621. The maximum atomic E-state index is 12.9. The summed E-state index contributed by atoms with van der Waals surface area (Å²) in [5, 5.41) is 5.28. The van der Waals surface area contributed by atoms with Crippen LogP contribution >= 0.6 is 0 Å². The van der Waals surface area contributed by atoms with Crippen LogP contribution in [0.2, 0.25) is 0 Å². The van der Waals surface area contributed by atoms with E-state index in [9.17, 15) is 22.8 Å². The van der Waals surface area contributed by atoms with Crippen molar-refractivity contribution >= 4 is 35.6 Å². The predicted molar refractivity (Wildman–Crippen MR) is 129 cm³/mol. The Kier molecular flexibility index (Phi) is 10.1. The van der Waals surface area contributed by atoms with Gasteiger partial charge in [0.05, 0.1) is 5.75 Å². The van der Waals surface area contributed by atoms with Gasteiger partial charge in [-0.2, -0.15) is 8.42 Å². The third-order valence-electron chi connectivity index (χ3n) is 5.11. The monoisotopic (exact) mass is 482 g/mol. The molecule has 0 aliphatic heterocycles. The van der Waals surface area contributed by atoms with Crippen LogP contribution in [0.3, 0.4) is 0 Å². The predicted octanol–water partition coefficient (Wildman–Crippen LogP) is 1.64. The standard InChI is InChI=1S/C22H35BN2O7S/c1-13(2)19(25-21(23)28)20(27)32-16-11-14(3)10-15(4)18(16)22(5,6)12-17(26)24-8-7-9-33(29,30)31/h10-11,13,19H,7-9,12,23H2,1-6H3,(H,24,26)(H,25,28)(H,29,30,31)/t19-/m0/s1. The van der Waals surface area contributed by atoms with Crippen molar-refractivity contribution in [2.24, 2.45) is 5.92 Å². The van der Waals surface area contributed by atoms with E-state index in [1.54, 1.807) is 19.9 Å². The molecule has 0 spiro atoms. The van der Waals surface area contributed by atoms with Gasteiger partial charge >= 0.3 is 5.97 Å². The highest BCUT2D eigenvalue weighted by atomic mass is 32.2. The quantitative estimate of drug-likeness (QED) is 0.143. The first-order valence-electron chi connectivity index (χ1n) is 10.9. The van der Waals surface area contributed by atoms with E-state index in [-0.39, 0.29) is 37.0 Å². The Labute approximate surface area is 197 Å². The van der Waals surface area contributed by atoms with E-state index in [0.29, 0.717) is 11.3 Å². The van der Waals surface area contributed by atoms with Gasteiger partial charge in [-0.3, -0.25) is 14.1 Å². The zero-order valence-electron chi connectivity index (χ0n) is 20.4. The van der Waals surface area contributed by atoms with Crippen molar-refractivity contribution in [3.05, 3.63) is 28.8 Å². The number of amides is 2. The number of nitrogens with one attached hydrogen (secondary N) is 2. The molecule has 0 radical (unpaired) electrons. The van der Waals surface area contributed by atoms with Crippen LogP contribution in [0.4, 0.5) is 4.79 Å². The molecule has 0 heterocycles. The zero-order valence-corrected chi connectivity index (χ0v) is 21.3. The molecule has 1 aromatic carbocycles. The minimum atomic E-state index is -4.07. The van der Waals surface area contributed by atoms with Crippen LogP contribution in [0.15, 0.2) is 12.1 Å². The van der Waals surface area contributed by atoms with E-state index in [4.69, 9.17) is 9.29 Å². The molecule has 0 saturated carbocycles. The molecule has 9 nitrogen and oxygen atoms in total. The zero-order chi connectivity index (χ0) is 25.6. The lowest BCUT2D eigenvalue weighted by molar-refractivity contribution is -0.137. The number of rotatable bonds is 11. The van der Waals surface area contributed by atoms with Crippen molar-refractivity contribution in [2.45, 2.75) is 65.8 Å². The summed E-state index contributed by atoms with van der Waals surface area (Å²) < 4.78 is 36.2. The number of carbonyl (C=O) groups is 3. The van der Waals surface area contributed by atoms with Crippen molar-refractivity contribution in [2.75, 3.05) is 12.3 Å². The first-order chi connectivity index (χ1) is 15.0. The van der Waals surface area contributed by atoms with Crippen molar-refractivity contribution in [3.63, 3.8) is 0 Å². The van der Waals surface area contributed by atoms with Gasteiger partial charge in [-0.1, -0.05) is 33.8 Å². The Morgan fingerprint density at radius 3 is 2.30 bits per heavy atom. The minimum Gasteiger partial charge on any atom is -0.425 e. The first-order valence-corrected chi connectivity index (χ1v) is 12.5. The summed E-state index contributed by atoms with van der Waals surface area (Å²) in [6.45, 7) is 11.2. The average molecular weight is 482 g/mol. The lowest BCUT2D eigenvalue weighted by Gasteiger charge is -2.30. The Morgan fingerprint density at radius 1 is 1.18 bits per heavy atom.